The summed E-state index contributed by atoms with van der Waals surface area (Å²) in [5, 5.41) is 7.68. The van der Waals surface area contributed by atoms with Gasteiger partial charge in [0.05, 0.1) is 17.9 Å². The maximum absolute atomic E-state index is 11.6. The number of thioether (sulfide) groups is 1. The Labute approximate surface area is 111 Å². The molecule has 0 aliphatic carbocycles. The molecule has 0 bridgehead atoms. The molecule has 0 radical (unpaired) electrons. The van der Waals surface area contributed by atoms with Crippen LogP contribution in [-0.4, -0.2) is 39.4 Å². The van der Waals surface area contributed by atoms with Gasteiger partial charge >= 0.3 is 0 Å². The summed E-state index contributed by atoms with van der Waals surface area (Å²) < 4.78 is 1.95. The molecule has 1 fully saturated rings. The summed E-state index contributed by atoms with van der Waals surface area (Å²) >= 11 is 1.95. The second kappa shape index (κ2) is 4.59. The molecule has 0 spiro atoms. The minimum absolute atomic E-state index is 0.00227. The van der Waals surface area contributed by atoms with Gasteiger partial charge in [-0.3, -0.25) is 14.4 Å². The molecule has 6 heteroatoms. The van der Waals surface area contributed by atoms with Crippen LogP contribution in [0.15, 0.2) is 0 Å². The van der Waals surface area contributed by atoms with E-state index in [0.717, 1.165) is 24.5 Å². The summed E-state index contributed by atoms with van der Waals surface area (Å²) in [7, 11) is 1.98. The summed E-state index contributed by atoms with van der Waals surface area (Å²) in [4.78, 5) is 13.8. The van der Waals surface area contributed by atoms with Crippen LogP contribution in [0.25, 0.3) is 0 Å². The molecule has 0 aromatic carbocycles. The quantitative estimate of drug-likeness (QED) is 0.854. The van der Waals surface area contributed by atoms with Crippen LogP contribution in [0, 0.1) is 0 Å². The lowest BCUT2D eigenvalue weighted by Crippen LogP contribution is -2.30. The van der Waals surface area contributed by atoms with Gasteiger partial charge in [-0.05, 0) is 12.3 Å². The van der Waals surface area contributed by atoms with Crippen LogP contribution in [0.5, 0.6) is 0 Å². The summed E-state index contributed by atoms with van der Waals surface area (Å²) in [5.74, 6) is 2.28. The van der Waals surface area contributed by atoms with Gasteiger partial charge in [0.25, 0.3) is 0 Å². The van der Waals surface area contributed by atoms with Crippen LogP contribution in [0.4, 0.5) is 0 Å². The second-order valence-corrected chi connectivity index (χ2v) is 5.87. The highest BCUT2D eigenvalue weighted by Crippen LogP contribution is 2.32. The Morgan fingerprint density at radius 3 is 3.17 bits per heavy atom. The van der Waals surface area contributed by atoms with Crippen molar-refractivity contribution in [2.45, 2.75) is 25.3 Å². The number of nitrogens with one attached hydrogen (secondary N) is 1. The Morgan fingerprint density at radius 1 is 1.56 bits per heavy atom. The van der Waals surface area contributed by atoms with E-state index in [-0.39, 0.29) is 12.1 Å². The van der Waals surface area contributed by atoms with Gasteiger partial charge in [-0.2, -0.15) is 16.9 Å². The average Bonchev–Trinajstić information content (AvgIpc) is 2.87. The molecule has 2 aliphatic heterocycles. The summed E-state index contributed by atoms with van der Waals surface area (Å²) in [6.07, 6.45) is 1.04. The van der Waals surface area contributed by atoms with Crippen molar-refractivity contribution in [3.05, 3.63) is 17.0 Å². The minimum Gasteiger partial charge on any atom is -0.334 e. The number of nitrogens with zero attached hydrogens (tertiary/aromatic N) is 3. The van der Waals surface area contributed by atoms with Gasteiger partial charge < -0.3 is 5.32 Å². The molecule has 3 rings (SSSR count). The number of amides is 1. The lowest BCUT2D eigenvalue weighted by Gasteiger charge is -2.23. The van der Waals surface area contributed by atoms with Crippen LogP contribution in [0.2, 0.25) is 0 Å². The van der Waals surface area contributed by atoms with Gasteiger partial charge in [0.15, 0.2) is 0 Å². The fourth-order valence-corrected chi connectivity index (χ4v) is 3.78. The fraction of sp³-hybridized carbons (Fsp3) is 0.667. The van der Waals surface area contributed by atoms with Crippen LogP contribution < -0.4 is 5.32 Å². The van der Waals surface area contributed by atoms with Crippen molar-refractivity contribution in [1.82, 2.24) is 20.0 Å². The van der Waals surface area contributed by atoms with E-state index < -0.39 is 0 Å². The van der Waals surface area contributed by atoms with Crippen molar-refractivity contribution in [3.8, 4) is 0 Å². The first-order valence-corrected chi connectivity index (χ1v) is 7.52. The number of aryl methyl sites for hydroxylation is 2. The highest BCUT2D eigenvalue weighted by Gasteiger charge is 2.35. The summed E-state index contributed by atoms with van der Waals surface area (Å²) in [6, 6.07) is 0. The zero-order valence-electron chi connectivity index (χ0n) is 10.8. The molecule has 1 N–H and O–H groups in total. The molecule has 1 aromatic rings. The van der Waals surface area contributed by atoms with Crippen molar-refractivity contribution in [2.24, 2.45) is 7.05 Å². The number of carbonyl (C=O) groups excluding carboxylic acids is 1. The molecule has 1 atom stereocenters. The number of likely N-dealkylation sites (N-methyl/N-ethyl adjacent to an activating group) is 1. The van der Waals surface area contributed by atoms with Gasteiger partial charge in [-0.1, -0.05) is 6.92 Å². The first-order chi connectivity index (χ1) is 8.70. The molecule has 1 saturated heterocycles. The molecule has 3 heterocycles. The standard InChI is InChI=1S/C12H18N4OS/c1-3-16-6-10(17)13-12(16)11-8-7-18-5-4-9(8)14-15(11)2/h12H,3-7H2,1-2H3,(H,13,17). The number of hydrogen-bond donors (Lipinski definition) is 1. The average molecular weight is 266 g/mol. The van der Waals surface area contributed by atoms with E-state index in [1.807, 2.05) is 23.5 Å². The lowest BCUT2D eigenvalue weighted by atomic mass is 10.1. The Bertz CT molecular complexity index is 485. The Hall–Kier alpha value is -1.01. The molecule has 0 saturated carbocycles. The highest BCUT2D eigenvalue weighted by molar-refractivity contribution is 7.98. The third-order valence-corrected chi connectivity index (χ3v) is 4.67. The molecular formula is C12H18N4OS. The maximum atomic E-state index is 11.6. The normalized spacial score (nSPS) is 24.1. The van der Waals surface area contributed by atoms with Crippen LogP contribution in [-0.2, 0) is 24.0 Å². The molecule has 18 heavy (non-hydrogen) atoms. The molecule has 5 nitrogen and oxygen atoms in total. The first-order valence-electron chi connectivity index (χ1n) is 6.36. The fourth-order valence-electron chi connectivity index (χ4n) is 2.78. The highest BCUT2D eigenvalue weighted by atomic mass is 32.2. The number of rotatable bonds is 2. The molecule has 98 valence electrons. The van der Waals surface area contributed by atoms with Crippen molar-refractivity contribution in [2.75, 3.05) is 18.8 Å². The number of hydrogen-bond acceptors (Lipinski definition) is 4. The zero-order valence-corrected chi connectivity index (χ0v) is 11.6. The van der Waals surface area contributed by atoms with E-state index in [0.29, 0.717) is 6.54 Å². The predicted molar refractivity (Wildman–Crippen MR) is 71.2 cm³/mol. The Morgan fingerprint density at radius 2 is 2.39 bits per heavy atom. The Kier molecular flexibility index (Phi) is 3.07. The SMILES string of the molecule is CCN1CC(=O)NC1c1c2c(nn1C)CCSC2. The first kappa shape index (κ1) is 12.0. The van der Waals surface area contributed by atoms with Crippen molar-refractivity contribution in [3.63, 3.8) is 0 Å². The topological polar surface area (TPSA) is 50.2 Å². The molecule has 1 aromatic heterocycles. The van der Waals surface area contributed by atoms with Crippen LogP contribution in [0.3, 0.4) is 0 Å². The van der Waals surface area contributed by atoms with Gasteiger partial charge in [0, 0.05) is 24.8 Å². The van der Waals surface area contributed by atoms with E-state index in [4.69, 9.17) is 0 Å². The smallest absolute Gasteiger partial charge is 0.235 e. The monoisotopic (exact) mass is 266 g/mol. The molecule has 2 aliphatic rings. The van der Waals surface area contributed by atoms with E-state index >= 15 is 0 Å². The number of carbonyl (C=O) groups is 1. The van der Waals surface area contributed by atoms with Crippen molar-refractivity contribution in [1.29, 1.82) is 0 Å². The third-order valence-electron chi connectivity index (χ3n) is 3.68. The maximum Gasteiger partial charge on any atom is 0.235 e. The molecular weight excluding hydrogens is 248 g/mol. The number of aromatic nitrogens is 2. The predicted octanol–water partition coefficient (Wildman–Crippen LogP) is 0.660. The van der Waals surface area contributed by atoms with Gasteiger partial charge in [0.1, 0.15) is 6.17 Å². The zero-order chi connectivity index (χ0) is 12.7. The van der Waals surface area contributed by atoms with Crippen molar-refractivity contribution < 1.29 is 4.79 Å². The summed E-state index contributed by atoms with van der Waals surface area (Å²) in [6.45, 7) is 3.45. The van der Waals surface area contributed by atoms with E-state index in [1.165, 1.54) is 17.0 Å². The van der Waals surface area contributed by atoms with Crippen molar-refractivity contribution >= 4 is 17.7 Å². The van der Waals surface area contributed by atoms with Gasteiger partial charge in [-0.15, -0.1) is 0 Å². The lowest BCUT2D eigenvalue weighted by molar-refractivity contribution is -0.118. The van der Waals surface area contributed by atoms with Crippen LogP contribution in [0.1, 0.15) is 30.0 Å². The second-order valence-electron chi connectivity index (χ2n) is 4.77. The third kappa shape index (κ3) is 1.83. The molecule has 1 amide bonds. The largest absolute Gasteiger partial charge is 0.334 e. The Balaban J connectivity index is 2.01. The molecule has 1 unspecified atom stereocenters. The van der Waals surface area contributed by atoms with E-state index in [2.05, 4.69) is 22.2 Å². The van der Waals surface area contributed by atoms with Crippen LogP contribution >= 0.6 is 11.8 Å². The summed E-state index contributed by atoms with van der Waals surface area (Å²) in [5.41, 5.74) is 3.72. The van der Waals surface area contributed by atoms with E-state index in [1.54, 1.807) is 0 Å². The minimum atomic E-state index is 0.00227. The van der Waals surface area contributed by atoms with E-state index in [9.17, 15) is 4.79 Å². The van der Waals surface area contributed by atoms with Gasteiger partial charge in [-0.25, -0.2) is 0 Å². The number of fused-ring (bicyclic) bond motifs is 1. The van der Waals surface area contributed by atoms with Gasteiger partial charge in [0.2, 0.25) is 5.91 Å².